The molecule has 2 heterocycles. The second-order valence-corrected chi connectivity index (χ2v) is 6.02. The van der Waals surface area contributed by atoms with Crippen molar-refractivity contribution in [3.05, 3.63) is 4.88 Å². The van der Waals surface area contributed by atoms with Gasteiger partial charge < -0.3 is 20.6 Å². The third-order valence-corrected chi connectivity index (χ3v) is 4.51. The molecule has 2 rings (SSSR count). The zero-order chi connectivity index (χ0) is 14.0. The minimum atomic E-state index is -0.0683. The van der Waals surface area contributed by atoms with Crippen molar-refractivity contribution in [2.75, 3.05) is 44.4 Å². The van der Waals surface area contributed by atoms with E-state index in [-0.39, 0.29) is 18.4 Å². The summed E-state index contributed by atoms with van der Waals surface area (Å²) in [7, 11) is 3.74. The predicted molar refractivity (Wildman–Crippen MR) is 76.6 cm³/mol. The summed E-state index contributed by atoms with van der Waals surface area (Å²) >= 11 is 1.31. The van der Waals surface area contributed by atoms with Crippen LogP contribution >= 0.6 is 11.3 Å². The van der Waals surface area contributed by atoms with E-state index in [9.17, 15) is 9.90 Å². The van der Waals surface area contributed by atoms with Crippen molar-refractivity contribution in [2.24, 2.45) is 5.92 Å². The molecule has 0 spiro atoms. The van der Waals surface area contributed by atoms with Gasteiger partial charge in [-0.05, 0) is 18.8 Å². The highest BCUT2D eigenvalue weighted by atomic mass is 32.1. The molecule has 0 aliphatic carbocycles. The number of likely N-dealkylation sites (tertiary alicyclic amines) is 1. The summed E-state index contributed by atoms with van der Waals surface area (Å²) in [6.07, 6.45) is 1.90. The number of carbonyl (C=O) groups excluding carboxylic acids is 1. The maximum absolute atomic E-state index is 12.4. The maximum Gasteiger partial charge on any atom is 0.267 e. The smallest absolute Gasteiger partial charge is 0.267 e. The number of hydrogen-bond acceptors (Lipinski definition) is 6. The van der Waals surface area contributed by atoms with Crippen molar-refractivity contribution in [2.45, 2.75) is 12.8 Å². The number of aromatic nitrogens is 1. The van der Waals surface area contributed by atoms with Crippen molar-refractivity contribution >= 4 is 28.2 Å². The number of nitrogen functional groups attached to an aromatic ring is 1. The van der Waals surface area contributed by atoms with E-state index in [1.54, 1.807) is 4.90 Å². The summed E-state index contributed by atoms with van der Waals surface area (Å²) in [5.74, 6) is 0.409. The molecule has 19 heavy (non-hydrogen) atoms. The first-order valence-corrected chi connectivity index (χ1v) is 7.18. The molecule has 3 N–H and O–H groups in total. The van der Waals surface area contributed by atoms with Gasteiger partial charge in [0.1, 0.15) is 10.7 Å². The molecule has 6 nitrogen and oxygen atoms in total. The Bertz CT molecular complexity index is 461. The van der Waals surface area contributed by atoms with Crippen molar-refractivity contribution in [3.8, 4) is 0 Å². The van der Waals surface area contributed by atoms with Gasteiger partial charge in [-0.3, -0.25) is 4.79 Å². The highest BCUT2D eigenvalue weighted by Crippen LogP contribution is 2.29. The van der Waals surface area contributed by atoms with Gasteiger partial charge in [-0.2, -0.15) is 0 Å². The van der Waals surface area contributed by atoms with Crippen LogP contribution in [-0.4, -0.2) is 54.7 Å². The number of nitrogens with zero attached hydrogens (tertiary/aromatic N) is 3. The molecule has 1 unspecified atom stereocenters. The van der Waals surface area contributed by atoms with Gasteiger partial charge in [-0.1, -0.05) is 11.3 Å². The molecule has 0 aromatic carbocycles. The summed E-state index contributed by atoms with van der Waals surface area (Å²) in [6.45, 7) is 1.46. The van der Waals surface area contributed by atoms with Crippen LogP contribution in [0.25, 0.3) is 0 Å². The molecular formula is C12H20N4O2S. The van der Waals surface area contributed by atoms with Gasteiger partial charge in [-0.25, -0.2) is 4.98 Å². The average Bonchev–Trinajstić information content (AvgIpc) is 2.80. The fourth-order valence-corrected chi connectivity index (χ4v) is 3.08. The molecule has 7 heteroatoms. The van der Waals surface area contributed by atoms with Gasteiger partial charge in [0.05, 0.1) is 0 Å². The number of piperidine rings is 1. The van der Waals surface area contributed by atoms with Crippen molar-refractivity contribution in [1.82, 2.24) is 9.88 Å². The molecule has 1 saturated heterocycles. The molecular weight excluding hydrogens is 264 g/mol. The first-order chi connectivity index (χ1) is 9.02. The molecule has 1 amide bonds. The van der Waals surface area contributed by atoms with Crippen LogP contribution in [0.3, 0.4) is 0 Å². The van der Waals surface area contributed by atoms with E-state index in [4.69, 9.17) is 5.73 Å². The highest BCUT2D eigenvalue weighted by Gasteiger charge is 2.27. The van der Waals surface area contributed by atoms with Crippen LogP contribution in [-0.2, 0) is 0 Å². The van der Waals surface area contributed by atoms with E-state index in [0.29, 0.717) is 17.2 Å². The normalized spacial score (nSPS) is 19.5. The number of aliphatic hydroxyl groups is 1. The largest absolute Gasteiger partial charge is 0.396 e. The van der Waals surface area contributed by atoms with Crippen LogP contribution in [0.5, 0.6) is 0 Å². The fraction of sp³-hybridized carbons (Fsp3) is 0.667. The Morgan fingerprint density at radius 1 is 1.63 bits per heavy atom. The summed E-state index contributed by atoms with van der Waals surface area (Å²) in [6, 6.07) is 0. The molecule has 1 atom stereocenters. The standard InChI is InChI=1S/C12H20N4O2S/c1-15(2)12-14-10(13)9(19-12)11(18)16-5-3-4-8(6-16)7-17/h8,17H,3-7,13H2,1-2H3. The van der Waals surface area contributed by atoms with E-state index in [2.05, 4.69) is 4.98 Å². The number of nitrogens with two attached hydrogens (primary N) is 1. The van der Waals surface area contributed by atoms with Gasteiger partial charge in [0, 0.05) is 33.8 Å². The number of anilines is 2. The summed E-state index contributed by atoms with van der Waals surface area (Å²) in [5, 5.41) is 9.95. The minimum Gasteiger partial charge on any atom is -0.396 e. The lowest BCUT2D eigenvalue weighted by atomic mass is 9.99. The quantitative estimate of drug-likeness (QED) is 0.851. The molecule has 1 aromatic heterocycles. The Balaban J connectivity index is 2.14. The third kappa shape index (κ3) is 2.98. The van der Waals surface area contributed by atoms with Crippen molar-refractivity contribution < 1.29 is 9.90 Å². The number of hydrogen-bond donors (Lipinski definition) is 2. The molecule has 1 aromatic rings. The number of carbonyl (C=O) groups is 1. The van der Waals surface area contributed by atoms with E-state index in [1.165, 1.54) is 11.3 Å². The Morgan fingerprint density at radius 3 is 2.95 bits per heavy atom. The van der Waals surface area contributed by atoms with E-state index < -0.39 is 0 Å². The average molecular weight is 284 g/mol. The Hall–Kier alpha value is -1.34. The van der Waals surface area contributed by atoms with Gasteiger partial charge in [0.25, 0.3) is 5.91 Å². The van der Waals surface area contributed by atoms with Gasteiger partial charge in [0.15, 0.2) is 5.13 Å². The van der Waals surface area contributed by atoms with Crippen LogP contribution in [0.15, 0.2) is 0 Å². The zero-order valence-corrected chi connectivity index (χ0v) is 12.1. The second-order valence-electron chi connectivity index (χ2n) is 5.05. The highest BCUT2D eigenvalue weighted by molar-refractivity contribution is 7.18. The first kappa shape index (κ1) is 14.1. The van der Waals surface area contributed by atoms with Gasteiger partial charge >= 0.3 is 0 Å². The SMILES string of the molecule is CN(C)c1nc(N)c(C(=O)N2CCCC(CO)C2)s1. The molecule has 1 aliphatic heterocycles. The molecule has 1 aliphatic rings. The van der Waals surface area contributed by atoms with E-state index in [0.717, 1.165) is 24.5 Å². The Labute approximate surface area is 116 Å². The topological polar surface area (TPSA) is 82.7 Å². The first-order valence-electron chi connectivity index (χ1n) is 6.36. The monoisotopic (exact) mass is 284 g/mol. The van der Waals surface area contributed by atoms with Crippen molar-refractivity contribution in [3.63, 3.8) is 0 Å². The van der Waals surface area contributed by atoms with Gasteiger partial charge in [-0.15, -0.1) is 0 Å². The van der Waals surface area contributed by atoms with Crippen LogP contribution in [0.2, 0.25) is 0 Å². The lowest BCUT2D eigenvalue weighted by Gasteiger charge is -2.31. The molecule has 0 saturated carbocycles. The Kier molecular flexibility index (Phi) is 4.26. The Morgan fingerprint density at radius 2 is 2.37 bits per heavy atom. The minimum absolute atomic E-state index is 0.0683. The molecule has 0 bridgehead atoms. The zero-order valence-electron chi connectivity index (χ0n) is 11.3. The maximum atomic E-state index is 12.4. The lowest BCUT2D eigenvalue weighted by molar-refractivity contribution is 0.0626. The van der Waals surface area contributed by atoms with E-state index in [1.807, 2.05) is 19.0 Å². The number of rotatable bonds is 3. The number of thiazole rings is 1. The second kappa shape index (κ2) is 5.75. The molecule has 0 radical (unpaired) electrons. The predicted octanol–water partition coefficient (Wildman–Crippen LogP) is 0.636. The summed E-state index contributed by atoms with van der Waals surface area (Å²) in [4.78, 5) is 20.7. The van der Waals surface area contributed by atoms with E-state index >= 15 is 0 Å². The van der Waals surface area contributed by atoms with Crippen LogP contribution in [0.1, 0.15) is 22.5 Å². The lowest BCUT2D eigenvalue weighted by Crippen LogP contribution is -2.40. The van der Waals surface area contributed by atoms with Crippen LogP contribution in [0.4, 0.5) is 10.9 Å². The number of amides is 1. The summed E-state index contributed by atoms with van der Waals surface area (Å²) in [5.41, 5.74) is 5.83. The van der Waals surface area contributed by atoms with Gasteiger partial charge in [0.2, 0.25) is 0 Å². The number of aliphatic hydroxyl groups excluding tert-OH is 1. The molecule has 106 valence electrons. The van der Waals surface area contributed by atoms with Crippen molar-refractivity contribution in [1.29, 1.82) is 0 Å². The summed E-state index contributed by atoms with van der Waals surface area (Å²) < 4.78 is 0. The fourth-order valence-electron chi connectivity index (χ4n) is 2.21. The molecule has 1 fully saturated rings. The van der Waals surface area contributed by atoms with Crippen LogP contribution < -0.4 is 10.6 Å². The van der Waals surface area contributed by atoms with Crippen LogP contribution in [0, 0.1) is 5.92 Å². The third-order valence-electron chi connectivity index (χ3n) is 3.28.